The Kier molecular flexibility index (Phi) is 7.47. The number of ether oxygens (including phenoxy) is 2. The molecule has 1 aliphatic rings. The number of nitrogens with one attached hydrogen (secondary N) is 1. The van der Waals surface area contributed by atoms with Crippen molar-refractivity contribution in [3.63, 3.8) is 0 Å². The summed E-state index contributed by atoms with van der Waals surface area (Å²) in [6, 6.07) is 9.88. The SMILES string of the molecule is C[C@H](Oc1cc(-c2nn(C)c3c(N4CCOCC4)cnc(N)c23)ccc1NS(=O)(=O)C(F)F)c1ccc(F)cc1. The number of pyridine rings is 1. The topological polar surface area (TPSA) is 125 Å². The molecule has 40 heavy (non-hydrogen) atoms. The second kappa shape index (κ2) is 10.8. The van der Waals surface area contributed by atoms with E-state index in [0.29, 0.717) is 48.5 Å². The summed E-state index contributed by atoms with van der Waals surface area (Å²) in [5, 5.41) is 5.25. The quantitative estimate of drug-likeness (QED) is 0.318. The lowest BCUT2D eigenvalue weighted by molar-refractivity contribution is 0.123. The Morgan fingerprint density at radius 1 is 1.12 bits per heavy atom. The first-order valence-corrected chi connectivity index (χ1v) is 13.9. The Bertz CT molecular complexity index is 1640. The third-order valence-electron chi connectivity index (χ3n) is 6.61. The van der Waals surface area contributed by atoms with E-state index in [4.69, 9.17) is 15.2 Å². The summed E-state index contributed by atoms with van der Waals surface area (Å²) < 4.78 is 78.9. The highest BCUT2D eigenvalue weighted by atomic mass is 32.2. The van der Waals surface area contributed by atoms with Gasteiger partial charge in [-0.05, 0) is 36.8 Å². The van der Waals surface area contributed by atoms with Crippen LogP contribution >= 0.6 is 0 Å². The number of morpholine rings is 1. The number of sulfonamides is 1. The van der Waals surface area contributed by atoms with Gasteiger partial charge in [-0.1, -0.05) is 18.2 Å². The standard InChI is InChI=1S/C26H27F3N6O4S/c1-15(16-3-6-18(27)7-4-16)39-21-13-17(5-8-19(21)33-40(36,37)26(28)29)23-22-24(34(2)32-23)20(14-31-25(22)30)35-9-11-38-12-10-35/h3-8,13-15,26,33H,9-12H2,1-2H3,(H2,30,31)/t15-/m0/s1. The van der Waals surface area contributed by atoms with Crippen molar-refractivity contribution in [2.24, 2.45) is 7.05 Å². The van der Waals surface area contributed by atoms with Gasteiger partial charge in [-0.3, -0.25) is 9.40 Å². The molecule has 3 heterocycles. The molecule has 0 unspecified atom stereocenters. The molecule has 1 saturated heterocycles. The van der Waals surface area contributed by atoms with E-state index in [1.807, 2.05) is 4.72 Å². The molecule has 14 heteroatoms. The van der Waals surface area contributed by atoms with Gasteiger partial charge in [0, 0.05) is 25.7 Å². The number of nitrogens with two attached hydrogens (primary N) is 1. The molecule has 5 rings (SSSR count). The first-order valence-electron chi connectivity index (χ1n) is 12.4. The molecule has 10 nitrogen and oxygen atoms in total. The lowest BCUT2D eigenvalue weighted by Crippen LogP contribution is -2.36. The van der Waals surface area contributed by atoms with Crippen LogP contribution in [0.15, 0.2) is 48.7 Å². The molecule has 1 fully saturated rings. The van der Waals surface area contributed by atoms with Crippen LogP contribution in [-0.4, -0.2) is 55.2 Å². The minimum absolute atomic E-state index is 0.0341. The normalized spacial score (nSPS) is 15.0. The molecule has 0 amide bonds. The first kappa shape index (κ1) is 27.5. The summed E-state index contributed by atoms with van der Waals surface area (Å²) in [6.45, 7) is 4.13. The number of aryl methyl sites for hydroxylation is 1. The van der Waals surface area contributed by atoms with Crippen LogP contribution < -0.4 is 20.1 Å². The van der Waals surface area contributed by atoms with E-state index in [-0.39, 0.29) is 17.3 Å². The summed E-state index contributed by atoms with van der Waals surface area (Å²) in [7, 11) is -3.22. The van der Waals surface area contributed by atoms with E-state index in [1.165, 1.54) is 42.5 Å². The van der Waals surface area contributed by atoms with Gasteiger partial charge in [0.1, 0.15) is 29.2 Å². The number of nitrogen functional groups attached to an aromatic ring is 1. The Labute approximate surface area is 228 Å². The molecular formula is C26H27F3N6O4S. The van der Waals surface area contributed by atoms with E-state index in [0.717, 1.165) is 11.2 Å². The fraction of sp³-hybridized carbons (Fsp3) is 0.308. The minimum atomic E-state index is -4.99. The fourth-order valence-electron chi connectivity index (χ4n) is 4.60. The maximum atomic E-state index is 13.4. The molecule has 4 aromatic rings. The Hall–Kier alpha value is -4.04. The van der Waals surface area contributed by atoms with E-state index in [9.17, 15) is 21.6 Å². The highest BCUT2D eigenvalue weighted by Gasteiger charge is 2.27. The van der Waals surface area contributed by atoms with Gasteiger partial charge in [-0.25, -0.2) is 17.8 Å². The lowest BCUT2D eigenvalue weighted by Gasteiger charge is -2.29. The van der Waals surface area contributed by atoms with Gasteiger partial charge in [0.25, 0.3) is 10.0 Å². The third-order valence-corrected chi connectivity index (χ3v) is 7.58. The number of benzene rings is 2. The van der Waals surface area contributed by atoms with E-state index in [2.05, 4.69) is 15.0 Å². The van der Waals surface area contributed by atoms with Crippen LogP contribution in [-0.2, 0) is 21.8 Å². The first-order chi connectivity index (χ1) is 19.0. The maximum Gasteiger partial charge on any atom is 0.355 e. The number of halogens is 3. The van der Waals surface area contributed by atoms with Crippen LogP contribution in [0.1, 0.15) is 18.6 Å². The molecular weight excluding hydrogens is 549 g/mol. The van der Waals surface area contributed by atoms with Crippen molar-refractivity contribution >= 4 is 38.1 Å². The zero-order valence-corrected chi connectivity index (χ0v) is 22.5. The van der Waals surface area contributed by atoms with Gasteiger partial charge in [0.15, 0.2) is 0 Å². The molecule has 2 aromatic heterocycles. The number of nitrogens with zero attached hydrogens (tertiary/aromatic N) is 4. The lowest BCUT2D eigenvalue weighted by atomic mass is 10.1. The van der Waals surface area contributed by atoms with Gasteiger partial charge in [-0.15, -0.1) is 0 Å². The van der Waals surface area contributed by atoms with Crippen molar-refractivity contribution < 1.29 is 31.1 Å². The number of fused-ring (bicyclic) bond motifs is 1. The fourth-order valence-corrected chi connectivity index (χ4v) is 5.16. The summed E-state index contributed by atoms with van der Waals surface area (Å²) in [6.07, 6.45) is 1.00. The highest BCUT2D eigenvalue weighted by molar-refractivity contribution is 7.93. The number of hydrogen-bond acceptors (Lipinski definition) is 8. The molecule has 2 aromatic carbocycles. The molecule has 0 aliphatic carbocycles. The van der Waals surface area contributed by atoms with E-state index in [1.54, 1.807) is 24.9 Å². The Morgan fingerprint density at radius 3 is 2.50 bits per heavy atom. The molecule has 3 N–H and O–H groups in total. The van der Waals surface area contributed by atoms with E-state index < -0.39 is 27.7 Å². The van der Waals surface area contributed by atoms with Crippen molar-refractivity contribution in [2.45, 2.75) is 18.8 Å². The zero-order chi connectivity index (χ0) is 28.6. The minimum Gasteiger partial charge on any atom is -0.484 e. The summed E-state index contributed by atoms with van der Waals surface area (Å²) in [4.78, 5) is 6.52. The molecule has 1 atom stereocenters. The highest BCUT2D eigenvalue weighted by Crippen LogP contribution is 2.40. The largest absolute Gasteiger partial charge is 0.484 e. The third kappa shape index (κ3) is 5.36. The van der Waals surface area contributed by atoms with Crippen molar-refractivity contribution in [3.05, 3.63) is 60.0 Å². The molecule has 212 valence electrons. The molecule has 0 bridgehead atoms. The van der Waals surface area contributed by atoms with Gasteiger partial charge < -0.3 is 20.1 Å². The number of aromatic nitrogens is 3. The molecule has 0 radical (unpaired) electrons. The summed E-state index contributed by atoms with van der Waals surface area (Å²) in [5.41, 5.74) is 9.21. The number of anilines is 3. The monoisotopic (exact) mass is 576 g/mol. The van der Waals surface area contributed by atoms with Gasteiger partial charge in [-0.2, -0.15) is 13.9 Å². The average Bonchev–Trinajstić information content (AvgIpc) is 3.28. The van der Waals surface area contributed by atoms with Crippen LogP contribution in [0.25, 0.3) is 22.2 Å². The second-order valence-corrected chi connectivity index (χ2v) is 10.9. The van der Waals surface area contributed by atoms with Crippen LogP contribution in [0.3, 0.4) is 0 Å². The summed E-state index contributed by atoms with van der Waals surface area (Å²) >= 11 is 0. The van der Waals surface area contributed by atoms with Crippen LogP contribution in [0.5, 0.6) is 5.75 Å². The smallest absolute Gasteiger partial charge is 0.355 e. The maximum absolute atomic E-state index is 13.4. The average molecular weight is 577 g/mol. The van der Waals surface area contributed by atoms with Gasteiger partial charge in [0.2, 0.25) is 0 Å². The van der Waals surface area contributed by atoms with Crippen molar-refractivity contribution in [1.29, 1.82) is 0 Å². The second-order valence-electron chi connectivity index (χ2n) is 9.25. The van der Waals surface area contributed by atoms with Gasteiger partial charge in [0.05, 0.1) is 41.7 Å². The number of rotatable bonds is 8. The predicted octanol–water partition coefficient (Wildman–Crippen LogP) is 4.30. The summed E-state index contributed by atoms with van der Waals surface area (Å²) in [5.74, 6) is -3.89. The Balaban J connectivity index is 1.61. The zero-order valence-electron chi connectivity index (χ0n) is 21.6. The van der Waals surface area contributed by atoms with E-state index >= 15 is 0 Å². The van der Waals surface area contributed by atoms with Crippen molar-refractivity contribution in [1.82, 2.24) is 14.8 Å². The molecule has 1 aliphatic heterocycles. The number of hydrogen-bond donors (Lipinski definition) is 2. The number of alkyl halides is 2. The van der Waals surface area contributed by atoms with Crippen LogP contribution in [0.4, 0.5) is 30.4 Å². The van der Waals surface area contributed by atoms with Crippen LogP contribution in [0, 0.1) is 5.82 Å². The van der Waals surface area contributed by atoms with Gasteiger partial charge >= 0.3 is 5.76 Å². The van der Waals surface area contributed by atoms with Crippen molar-refractivity contribution in [2.75, 3.05) is 41.7 Å². The predicted molar refractivity (Wildman–Crippen MR) is 145 cm³/mol. The van der Waals surface area contributed by atoms with Crippen molar-refractivity contribution in [3.8, 4) is 17.0 Å². The molecule has 0 spiro atoms. The van der Waals surface area contributed by atoms with Crippen LogP contribution in [0.2, 0.25) is 0 Å². The molecule has 0 saturated carbocycles. The Morgan fingerprint density at radius 2 is 1.82 bits per heavy atom.